The number of anilines is 5. The molecule has 2 aromatic heterocycles. The van der Waals surface area contributed by atoms with Crippen molar-refractivity contribution in [1.82, 2.24) is 19.4 Å². The number of rotatable bonds is 8. The lowest BCUT2D eigenvalue weighted by molar-refractivity contribution is 0.0580. The Balaban J connectivity index is 1.46. The summed E-state index contributed by atoms with van der Waals surface area (Å²) in [5.41, 5.74) is 4.41. The molecular weight excluding hydrogens is 592 g/mol. The van der Waals surface area contributed by atoms with Crippen molar-refractivity contribution in [3.63, 3.8) is 0 Å². The topological polar surface area (TPSA) is 99.1 Å². The van der Waals surface area contributed by atoms with Gasteiger partial charge in [-0.3, -0.25) is 14.3 Å². The van der Waals surface area contributed by atoms with E-state index in [0.717, 1.165) is 59.6 Å². The Morgan fingerprint density at radius 2 is 1.77 bits per heavy atom. The smallest absolute Gasteiger partial charge is 0.414 e. The van der Waals surface area contributed by atoms with Gasteiger partial charge >= 0.3 is 6.09 Å². The first-order chi connectivity index (χ1) is 22.4. The molecule has 3 heterocycles. The van der Waals surface area contributed by atoms with Gasteiger partial charge < -0.3 is 24.8 Å². The second-order valence-corrected chi connectivity index (χ2v) is 13.9. The molecule has 4 aromatic rings. The van der Waals surface area contributed by atoms with Crippen molar-refractivity contribution in [1.29, 1.82) is 0 Å². The first-order valence-electron chi connectivity index (χ1n) is 16.4. The van der Waals surface area contributed by atoms with E-state index in [1.165, 1.54) is 6.42 Å². The van der Waals surface area contributed by atoms with Crippen LogP contribution in [0.15, 0.2) is 59.5 Å². The Labute approximate surface area is 276 Å². The molecule has 0 unspecified atom stereocenters. The molecular formula is C36H46N8O3. The van der Waals surface area contributed by atoms with Crippen LogP contribution in [0.1, 0.15) is 45.6 Å². The number of para-hydroxylation sites is 1. The molecule has 2 aromatic carbocycles. The molecule has 1 N–H and O–H groups in total. The van der Waals surface area contributed by atoms with Crippen LogP contribution in [0.2, 0.25) is 0 Å². The number of likely N-dealkylation sites (N-methyl/N-ethyl adjacent to an activating group) is 2. The zero-order valence-corrected chi connectivity index (χ0v) is 28.6. The zero-order valence-electron chi connectivity index (χ0n) is 28.6. The zero-order chi connectivity index (χ0) is 33.5. The summed E-state index contributed by atoms with van der Waals surface area (Å²) in [5.74, 6) is 0.523. The third kappa shape index (κ3) is 6.76. The van der Waals surface area contributed by atoms with Gasteiger partial charge in [0.05, 0.1) is 17.1 Å². The number of nitrogens with zero attached hydrogens (tertiary/aromatic N) is 7. The summed E-state index contributed by atoms with van der Waals surface area (Å²) in [6, 6.07) is 16.1. The SMILES string of the molecule is Cc1cccc2c1N(C(=O)OC(C)(C)C)CCN2c1cc2cnc(NC3CCC3)nc2n(-c2ccc(N(C)CCN(C)C)cc2)c1=O. The molecule has 1 amide bonds. The van der Waals surface area contributed by atoms with Gasteiger partial charge in [0.1, 0.15) is 11.3 Å². The molecule has 11 heteroatoms. The van der Waals surface area contributed by atoms with Gasteiger partial charge in [0, 0.05) is 56.5 Å². The van der Waals surface area contributed by atoms with E-state index in [1.807, 2.05) is 81.1 Å². The van der Waals surface area contributed by atoms with Crippen molar-refractivity contribution < 1.29 is 9.53 Å². The van der Waals surface area contributed by atoms with Gasteiger partial charge in [0.25, 0.3) is 5.56 Å². The Morgan fingerprint density at radius 1 is 1.02 bits per heavy atom. The summed E-state index contributed by atoms with van der Waals surface area (Å²) in [6.07, 6.45) is 4.75. The molecule has 47 heavy (non-hydrogen) atoms. The predicted molar refractivity (Wildman–Crippen MR) is 190 cm³/mol. The lowest BCUT2D eigenvalue weighted by atomic mass is 9.93. The first kappa shape index (κ1) is 32.3. The molecule has 0 bridgehead atoms. The van der Waals surface area contributed by atoms with Crippen LogP contribution in [0, 0.1) is 6.92 Å². The maximum absolute atomic E-state index is 14.7. The highest BCUT2D eigenvalue weighted by Gasteiger charge is 2.33. The summed E-state index contributed by atoms with van der Waals surface area (Å²) < 4.78 is 7.46. The number of carbonyl (C=O) groups is 1. The molecule has 1 saturated carbocycles. The van der Waals surface area contributed by atoms with Gasteiger partial charge in [0.2, 0.25) is 5.95 Å². The number of hydrogen-bond donors (Lipinski definition) is 1. The van der Waals surface area contributed by atoms with E-state index in [4.69, 9.17) is 9.72 Å². The number of nitrogens with one attached hydrogen (secondary N) is 1. The normalized spacial score (nSPS) is 15.1. The van der Waals surface area contributed by atoms with E-state index in [2.05, 4.69) is 41.2 Å². The molecule has 0 radical (unpaired) electrons. The minimum atomic E-state index is -0.633. The number of amides is 1. The molecule has 1 aliphatic carbocycles. The average molecular weight is 639 g/mol. The Hall–Kier alpha value is -4.64. The van der Waals surface area contributed by atoms with Crippen LogP contribution in [-0.2, 0) is 4.74 Å². The summed E-state index contributed by atoms with van der Waals surface area (Å²) in [7, 11) is 6.20. The fraction of sp³-hybridized carbons (Fsp3) is 0.444. The van der Waals surface area contributed by atoms with E-state index in [0.29, 0.717) is 36.4 Å². The van der Waals surface area contributed by atoms with E-state index >= 15 is 0 Å². The Bertz CT molecular complexity index is 1830. The standard InChI is InChI=1S/C36H46N8O3/c1-24-10-8-13-29-31(24)43(35(46)47-36(2,3)4)21-20-42(29)30-22-25-23-37-34(38-26-11-9-12-26)39-32(25)44(33(30)45)28-16-14-27(15-17-28)41(7)19-18-40(5)6/h8,10,13-17,22-23,26H,9,11-12,18-21H2,1-7H3,(H,37,38,39). The number of fused-ring (bicyclic) bond motifs is 2. The summed E-state index contributed by atoms with van der Waals surface area (Å²) in [4.78, 5) is 45.6. The molecule has 11 nitrogen and oxygen atoms in total. The number of hydrogen-bond acceptors (Lipinski definition) is 9. The highest BCUT2D eigenvalue weighted by atomic mass is 16.6. The minimum Gasteiger partial charge on any atom is -0.443 e. The van der Waals surface area contributed by atoms with Crippen molar-refractivity contribution in [2.24, 2.45) is 0 Å². The number of pyridine rings is 1. The number of aromatic nitrogens is 3. The predicted octanol–water partition coefficient (Wildman–Crippen LogP) is 5.94. The lowest BCUT2D eigenvalue weighted by Crippen LogP contribution is -2.46. The minimum absolute atomic E-state index is 0.197. The maximum atomic E-state index is 14.7. The average Bonchev–Trinajstić information content (AvgIpc) is 3.00. The van der Waals surface area contributed by atoms with Gasteiger partial charge in [-0.2, -0.15) is 4.98 Å². The molecule has 248 valence electrons. The number of aryl methyl sites for hydroxylation is 1. The van der Waals surface area contributed by atoms with Crippen molar-refractivity contribution in [3.8, 4) is 5.69 Å². The number of carbonyl (C=O) groups excluding carboxylic acids is 1. The van der Waals surface area contributed by atoms with Gasteiger partial charge in [-0.15, -0.1) is 0 Å². The van der Waals surface area contributed by atoms with E-state index in [1.54, 1.807) is 15.7 Å². The maximum Gasteiger partial charge on any atom is 0.414 e. The van der Waals surface area contributed by atoms with E-state index in [-0.39, 0.29) is 5.56 Å². The second-order valence-electron chi connectivity index (χ2n) is 13.9. The summed E-state index contributed by atoms with van der Waals surface area (Å²) >= 11 is 0. The molecule has 0 spiro atoms. The van der Waals surface area contributed by atoms with E-state index in [9.17, 15) is 9.59 Å². The van der Waals surface area contributed by atoms with Crippen molar-refractivity contribution in [2.45, 2.75) is 58.6 Å². The van der Waals surface area contributed by atoms with Crippen molar-refractivity contribution in [2.75, 3.05) is 67.3 Å². The van der Waals surface area contributed by atoms with Crippen LogP contribution in [0.3, 0.4) is 0 Å². The molecule has 2 aliphatic rings. The second kappa shape index (κ2) is 12.9. The van der Waals surface area contributed by atoms with Gasteiger partial charge in [0.15, 0.2) is 5.65 Å². The van der Waals surface area contributed by atoms with E-state index < -0.39 is 11.7 Å². The Kier molecular flexibility index (Phi) is 8.84. The third-order valence-corrected chi connectivity index (χ3v) is 8.82. The Morgan fingerprint density at radius 3 is 2.43 bits per heavy atom. The van der Waals surface area contributed by atoms with Gasteiger partial charge in [-0.05, 0) is 103 Å². The number of ether oxygens (including phenoxy) is 1. The van der Waals surface area contributed by atoms with Gasteiger partial charge in [-0.25, -0.2) is 9.78 Å². The molecule has 0 atom stereocenters. The highest BCUT2D eigenvalue weighted by molar-refractivity contribution is 5.97. The van der Waals surface area contributed by atoms with Crippen LogP contribution < -0.4 is 25.6 Å². The molecule has 6 rings (SSSR count). The summed E-state index contributed by atoms with van der Waals surface area (Å²) in [6.45, 7) is 10.1. The van der Waals surface area contributed by atoms with Crippen molar-refractivity contribution in [3.05, 3.63) is 70.6 Å². The van der Waals surface area contributed by atoms with Crippen LogP contribution in [-0.4, -0.2) is 84.5 Å². The fourth-order valence-electron chi connectivity index (χ4n) is 6.05. The molecule has 1 aliphatic heterocycles. The third-order valence-electron chi connectivity index (χ3n) is 8.82. The highest BCUT2D eigenvalue weighted by Crippen LogP contribution is 2.40. The number of benzene rings is 2. The molecule has 0 saturated heterocycles. The first-order valence-corrected chi connectivity index (χ1v) is 16.4. The van der Waals surface area contributed by atoms with Crippen LogP contribution in [0.4, 0.5) is 33.5 Å². The monoisotopic (exact) mass is 638 g/mol. The largest absolute Gasteiger partial charge is 0.443 e. The molecule has 1 fully saturated rings. The quantitative estimate of drug-likeness (QED) is 0.251. The van der Waals surface area contributed by atoms with Crippen molar-refractivity contribution >= 4 is 45.8 Å². The van der Waals surface area contributed by atoms with Crippen LogP contribution in [0.5, 0.6) is 0 Å². The van der Waals surface area contributed by atoms with Crippen LogP contribution in [0.25, 0.3) is 16.7 Å². The lowest BCUT2D eigenvalue weighted by Gasteiger charge is -2.39. The van der Waals surface area contributed by atoms with Crippen LogP contribution >= 0.6 is 0 Å². The summed E-state index contributed by atoms with van der Waals surface area (Å²) in [5, 5.41) is 4.18. The fourth-order valence-corrected chi connectivity index (χ4v) is 6.05. The van der Waals surface area contributed by atoms with Gasteiger partial charge in [-0.1, -0.05) is 12.1 Å².